The van der Waals surface area contributed by atoms with Gasteiger partial charge in [0.05, 0.1) is 12.1 Å². The molecule has 0 spiro atoms. The quantitative estimate of drug-likeness (QED) is 0.693. The Morgan fingerprint density at radius 1 is 1.50 bits per heavy atom. The highest BCUT2D eigenvalue weighted by Gasteiger charge is 2.22. The van der Waals surface area contributed by atoms with Gasteiger partial charge in [-0.05, 0) is 13.0 Å². The fourth-order valence-electron chi connectivity index (χ4n) is 1.01. The van der Waals surface area contributed by atoms with Gasteiger partial charge in [0.1, 0.15) is 5.82 Å². The summed E-state index contributed by atoms with van der Waals surface area (Å²) in [6, 6.07) is 6.19. The highest BCUT2D eigenvalue weighted by atomic mass is 19.1. The molecule has 1 atom stereocenters. The SMILES string of the molecule is C[C@@](N)(CO)c1ccccc1F. The molecule has 0 radical (unpaired) electrons. The summed E-state index contributed by atoms with van der Waals surface area (Å²) < 4.78 is 13.1. The Hall–Kier alpha value is -0.930. The lowest BCUT2D eigenvalue weighted by molar-refractivity contribution is 0.206. The zero-order valence-electron chi connectivity index (χ0n) is 6.92. The van der Waals surface area contributed by atoms with E-state index >= 15 is 0 Å². The maximum Gasteiger partial charge on any atom is 0.128 e. The van der Waals surface area contributed by atoms with Crippen LogP contribution in [0.5, 0.6) is 0 Å². The van der Waals surface area contributed by atoms with Crippen molar-refractivity contribution in [2.24, 2.45) is 5.73 Å². The molecule has 12 heavy (non-hydrogen) atoms. The lowest BCUT2D eigenvalue weighted by Crippen LogP contribution is -2.37. The summed E-state index contributed by atoms with van der Waals surface area (Å²) in [5, 5.41) is 8.88. The van der Waals surface area contributed by atoms with Crippen LogP contribution in [0.15, 0.2) is 24.3 Å². The molecule has 0 aliphatic carbocycles. The molecule has 1 aromatic carbocycles. The lowest BCUT2D eigenvalue weighted by atomic mass is 9.94. The summed E-state index contributed by atoms with van der Waals surface area (Å²) >= 11 is 0. The molecular weight excluding hydrogens is 157 g/mol. The molecule has 0 saturated carbocycles. The van der Waals surface area contributed by atoms with Gasteiger partial charge < -0.3 is 10.8 Å². The minimum absolute atomic E-state index is 0.270. The molecule has 0 aromatic heterocycles. The van der Waals surface area contributed by atoms with Crippen molar-refractivity contribution >= 4 is 0 Å². The zero-order chi connectivity index (χ0) is 9.19. The first-order valence-electron chi connectivity index (χ1n) is 3.72. The number of aliphatic hydroxyl groups excluding tert-OH is 1. The fourth-order valence-corrected chi connectivity index (χ4v) is 1.01. The molecule has 0 bridgehead atoms. The first kappa shape index (κ1) is 9.16. The van der Waals surface area contributed by atoms with E-state index in [1.165, 1.54) is 6.07 Å². The maximum atomic E-state index is 13.1. The molecule has 1 aromatic rings. The van der Waals surface area contributed by atoms with E-state index in [4.69, 9.17) is 10.8 Å². The van der Waals surface area contributed by atoms with Crippen molar-refractivity contribution in [3.63, 3.8) is 0 Å². The Labute approximate surface area is 70.8 Å². The summed E-state index contributed by atoms with van der Waals surface area (Å²) in [5.41, 5.74) is 4.99. The van der Waals surface area contributed by atoms with Gasteiger partial charge in [-0.15, -0.1) is 0 Å². The average Bonchev–Trinajstić information content (AvgIpc) is 2.05. The molecule has 0 unspecified atom stereocenters. The largest absolute Gasteiger partial charge is 0.394 e. The second-order valence-corrected chi connectivity index (χ2v) is 3.06. The van der Waals surface area contributed by atoms with Crippen LogP contribution < -0.4 is 5.73 Å². The molecule has 66 valence electrons. The van der Waals surface area contributed by atoms with Crippen molar-refractivity contribution in [1.82, 2.24) is 0 Å². The topological polar surface area (TPSA) is 46.2 Å². The Bertz CT molecular complexity index is 273. The number of nitrogens with two attached hydrogens (primary N) is 1. The molecule has 0 aliphatic heterocycles. The van der Waals surface area contributed by atoms with Crippen LogP contribution in [0.4, 0.5) is 4.39 Å². The van der Waals surface area contributed by atoms with Crippen LogP contribution in [0.1, 0.15) is 12.5 Å². The van der Waals surface area contributed by atoms with Gasteiger partial charge in [0.15, 0.2) is 0 Å². The number of hydrogen-bond acceptors (Lipinski definition) is 2. The van der Waals surface area contributed by atoms with Crippen molar-refractivity contribution < 1.29 is 9.50 Å². The van der Waals surface area contributed by atoms with E-state index in [9.17, 15) is 4.39 Å². The van der Waals surface area contributed by atoms with E-state index in [-0.39, 0.29) is 12.4 Å². The third-order valence-corrected chi connectivity index (χ3v) is 1.82. The zero-order valence-corrected chi connectivity index (χ0v) is 6.92. The van der Waals surface area contributed by atoms with Gasteiger partial charge in [-0.25, -0.2) is 4.39 Å². The minimum Gasteiger partial charge on any atom is -0.394 e. The van der Waals surface area contributed by atoms with E-state index in [1.807, 2.05) is 0 Å². The van der Waals surface area contributed by atoms with Crippen LogP contribution in [0.2, 0.25) is 0 Å². The van der Waals surface area contributed by atoms with Crippen molar-refractivity contribution in [2.75, 3.05) is 6.61 Å². The molecule has 0 heterocycles. The first-order chi connectivity index (χ1) is 5.58. The number of rotatable bonds is 2. The predicted octanol–water partition coefficient (Wildman–Crippen LogP) is 0.992. The summed E-state index contributed by atoms with van der Waals surface area (Å²) in [7, 11) is 0. The third-order valence-electron chi connectivity index (χ3n) is 1.82. The molecule has 0 fully saturated rings. The van der Waals surface area contributed by atoms with Crippen LogP contribution in [0, 0.1) is 5.82 Å². The van der Waals surface area contributed by atoms with Gasteiger partial charge in [0.25, 0.3) is 0 Å². The molecule has 1 rings (SSSR count). The van der Waals surface area contributed by atoms with Gasteiger partial charge in [0.2, 0.25) is 0 Å². The third kappa shape index (κ3) is 1.62. The van der Waals surface area contributed by atoms with Crippen LogP contribution in [0.3, 0.4) is 0 Å². The van der Waals surface area contributed by atoms with Gasteiger partial charge >= 0.3 is 0 Å². The van der Waals surface area contributed by atoms with E-state index in [1.54, 1.807) is 25.1 Å². The maximum absolute atomic E-state index is 13.1. The van der Waals surface area contributed by atoms with Crippen LogP contribution >= 0.6 is 0 Å². The Morgan fingerprint density at radius 3 is 2.58 bits per heavy atom. The van der Waals surface area contributed by atoms with Gasteiger partial charge in [-0.3, -0.25) is 0 Å². The van der Waals surface area contributed by atoms with Crippen LogP contribution in [-0.4, -0.2) is 11.7 Å². The van der Waals surface area contributed by atoms with Gasteiger partial charge in [0, 0.05) is 5.56 Å². The molecular formula is C9H12FNO. The van der Waals surface area contributed by atoms with E-state index in [0.29, 0.717) is 5.56 Å². The normalized spacial score (nSPS) is 15.7. The molecule has 3 heteroatoms. The number of hydrogen-bond donors (Lipinski definition) is 2. The van der Waals surface area contributed by atoms with Crippen molar-refractivity contribution in [3.05, 3.63) is 35.6 Å². The molecule has 0 amide bonds. The second-order valence-electron chi connectivity index (χ2n) is 3.06. The number of aliphatic hydroxyl groups is 1. The molecule has 3 N–H and O–H groups in total. The van der Waals surface area contributed by atoms with Crippen molar-refractivity contribution in [3.8, 4) is 0 Å². The Kier molecular flexibility index (Phi) is 2.45. The summed E-state index contributed by atoms with van der Waals surface area (Å²) in [6.45, 7) is 1.32. The van der Waals surface area contributed by atoms with Gasteiger partial charge in [-0.1, -0.05) is 18.2 Å². The van der Waals surface area contributed by atoms with E-state index in [0.717, 1.165) is 0 Å². The summed E-state index contributed by atoms with van der Waals surface area (Å²) in [4.78, 5) is 0. The summed E-state index contributed by atoms with van der Waals surface area (Å²) in [5.74, 6) is -0.378. The molecule has 0 saturated heterocycles. The monoisotopic (exact) mass is 169 g/mol. The van der Waals surface area contributed by atoms with Crippen molar-refractivity contribution in [1.29, 1.82) is 0 Å². The first-order valence-corrected chi connectivity index (χ1v) is 3.72. The molecule has 2 nitrogen and oxygen atoms in total. The second kappa shape index (κ2) is 3.21. The lowest BCUT2D eigenvalue weighted by Gasteiger charge is -2.22. The van der Waals surface area contributed by atoms with E-state index in [2.05, 4.69) is 0 Å². The Balaban J connectivity index is 3.10. The standard InChI is InChI=1S/C9H12FNO/c1-9(11,6-12)7-4-2-3-5-8(7)10/h2-5,12H,6,11H2,1H3/t9-/m1/s1. The van der Waals surface area contributed by atoms with Crippen LogP contribution in [0.25, 0.3) is 0 Å². The molecule has 0 aliphatic rings. The van der Waals surface area contributed by atoms with Crippen LogP contribution in [-0.2, 0) is 5.54 Å². The number of halogens is 1. The van der Waals surface area contributed by atoms with E-state index < -0.39 is 5.54 Å². The fraction of sp³-hybridized carbons (Fsp3) is 0.333. The average molecular weight is 169 g/mol. The smallest absolute Gasteiger partial charge is 0.128 e. The van der Waals surface area contributed by atoms with Gasteiger partial charge in [-0.2, -0.15) is 0 Å². The minimum atomic E-state index is -0.995. The Morgan fingerprint density at radius 2 is 2.08 bits per heavy atom. The number of benzene rings is 1. The highest BCUT2D eigenvalue weighted by molar-refractivity contribution is 5.24. The summed E-state index contributed by atoms with van der Waals surface area (Å²) in [6.07, 6.45) is 0. The van der Waals surface area contributed by atoms with Crippen molar-refractivity contribution in [2.45, 2.75) is 12.5 Å². The highest BCUT2D eigenvalue weighted by Crippen LogP contribution is 2.19. The predicted molar refractivity (Wildman–Crippen MR) is 45.0 cm³/mol.